The van der Waals surface area contributed by atoms with Crippen LogP contribution in [-0.4, -0.2) is 53.1 Å². The highest BCUT2D eigenvalue weighted by Gasteiger charge is 2.33. The molecule has 2 N–H and O–H groups in total. The van der Waals surface area contributed by atoms with Crippen LogP contribution in [0.2, 0.25) is 0 Å². The summed E-state index contributed by atoms with van der Waals surface area (Å²) in [7, 11) is -3.76. The molecular formula is C13H18N2O5S. The molecule has 0 amide bonds. The second-order valence-electron chi connectivity index (χ2n) is 4.97. The average molecular weight is 314 g/mol. The molecular weight excluding hydrogens is 296 g/mol. The molecule has 1 aliphatic heterocycles. The predicted molar refractivity (Wildman–Crippen MR) is 74.4 cm³/mol. The van der Waals surface area contributed by atoms with Gasteiger partial charge < -0.3 is 10.2 Å². The van der Waals surface area contributed by atoms with Crippen LogP contribution >= 0.6 is 0 Å². The molecule has 1 aromatic rings. The van der Waals surface area contributed by atoms with E-state index < -0.39 is 16.0 Å². The Morgan fingerprint density at radius 1 is 1.38 bits per heavy atom. The van der Waals surface area contributed by atoms with Crippen molar-refractivity contribution in [3.63, 3.8) is 0 Å². The van der Waals surface area contributed by atoms with E-state index in [0.29, 0.717) is 19.4 Å². The van der Waals surface area contributed by atoms with Crippen molar-refractivity contribution in [3.05, 3.63) is 23.9 Å². The summed E-state index contributed by atoms with van der Waals surface area (Å²) in [6.45, 7) is 0.331. The minimum atomic E-state index is -3.76. The molecule has 2 rings (SSSR count). The van der Waals surface area contributed by atoms with Gasteiger partial charge in [0.25, 0.3) is 10.0 Å². The Bertz CT molecular complexity index is 597. The van der Waals surface area contributed by atoms with Crippen molar-refractivity contribution in [1.29, 1.82) is 0 Å². The number of nitrogens with zero attached hydrogens (tertiary/aromatic N) is 2. The zero-order valence-electron chi connectivity index (χ0n) is 11.5. The fourth-order valence-corrected chi connectivity index (χ4v) is 4.15. The summed E-state index contributed by atoms with van der Waals surface area (Å²) in [6, 6.07) is 2.21. The van der Waals surface area contributed by atoms with Crippen molar-refractivity contribution in [3.8, 4) is 0 Å². The van der Waals surface area contributed by atoms with Crippen molar-refractivity contribution in [2.45, 2.75) is 36.8 Å². The lowest BCUT2D eigenvalue weighted by Gasteiger charge is -2.34. The molecule has 0 aliphatic carbocycles. The van der Waals surface area contributed by atoms with E-state index in [0.717, 1.165) is 19.0 Å². The van der Waals surface area contributed by atoms with E-state index in [4.69, 9.17) is 10.2 Å². The van der Waals surface area contributed by atoms with Gasteiger partial charge in [0.15, 0.2) is 5.03 Å². The van der Waals surface area contributed by atoms with Crippen LogP contribution in [0, 0.1) is 0 Å². The highest BCUT2D eigenvalue weighted by molar-refractivity contribution is 7.89. The van der Waals surface area contributed by atoms with Crippen molar-refractivity contribution < 1.29 is 23.4 Å². The Labute approximate surface area is 123 Å². The summed E-state index contributed by atoms with van der Waals surface area (Å²) >= 11 is 0. The number of aliphatic hydroxyl groups is 1. The molecule has 1 saturated heterocycles. The molecule has 0 radical (unpaired) electrons. The monoisotopic (exact) mass is 314 g/mol. The van der Waals surface area contributed by atoms with Gasteiger partial charge in [-0.25, -0.2) is 18.2 Å². The van der Waals surface area contributed by atoms with Crippen LogP contribution in [-0.2, 0) is 10.0 Å². The quantitative estimate of drug-likeness (QED) is 0.828. The van der Waals surface area contributed by atoms with Gasteiger partial charge in [0, 0.05) is 25.4 Å². The number of hydrogen-bond donors (Lipinski definition) is 2. The maximum absolute atomic E-state index is 12.6. The smallest absolute Gasteiger partial charge is 0.337 e. The summed E-state index contributed by atoms with van der Waals surface area (Å²) in [5.74, 6) is -1.15. The average Bonchev–Trinajstić information content (AvgIpc) is 2.48. The Morgan fingerprint density at radius 3 is 2.71 bits per heavy atom. The van der Waals surface area contributed by atoms with Gasteiger partial charge in [-0.3, -0.25) is 0 Å². The number of hydrogen-bond acceptors (Lipinski definition) is 5. The van der Waals surface area contributed by atoms with E-state index in [9.17, 15) is 13.2 Å². The van der Waals surface area contributed by atoms with E-state index in [1.54, 1.807) is 0 Å². The number of carboxylic acids is 1. The summed E-state index contributed by atoms with van der Waals surface area (Å²) in [6.07, 6.45) is 3.86. The Kier molecular flexibility index (Phi) is 4.92. The summed E-state index contributed by atoms with van der Waals surface area (Å²) in [5, 5.41) is 17.7. The largest absolute Gasteiger partial charge is 0.478 e. The summed E-state index contributed by atoms with van der Waals surface area (Å²) in [4.78, 5) is 14.5. The normalized spacial score (nSPS) is 20.3. The van der Waals surface area contributed by atoms with Gasteiger partial charge >= 0.3 is 5.97 Å². The fraction of sp³-hybridized carbons (Fsp3) is 0.538. The lowest BCUT2D eigenvalue weighted by molar-refractivity contribution is 0.0696. The molecule has 1 aromatic heterocycles. The fourth-order valence-electron chi connectivity index (χ4n) is 2.51. The zero-order valence-corrected chi connectivity index (χ0v) is 12.3. The van der Waals surface area contributed by atoms with Crippen LogP contribution in [0.3, 0.4) is 0 Å². The molecule has 0 saturated carbocycles. The topological polar surface area (TPSA) is 108 Å². The summed E-state index contributed by atoms with van der Waals surface area (Å²) < 4.78 is 26.5. The van der Waals surface area contributed by atoms with Gasteiger partial charge in [0.05, 0.1) is 5.56 Å². The number of aromatic carboxylic acids is 1. The molecule has 116 valence electrons. The lowest BCUT2D eigenvalue weighted by Crippen LogP contribution is -2.44. The molecule has 0 bridgehead atoms. The van der Waals surface area contributed by atoms with Gasteiger partial charge in [0.1, 0.15) is 0 Å². The van der Waals surface area contributed by atoms with Gasteiger partial charge in [0.2, 0.25) is 0 Å². The number of aliphatic hydroxyl groups excluding tert-OH is 1. The van der Waals surface area contributed by atoms with E-state index in [-0.39, 0.29) is 23.2 Å². The third-order valence-electron chi connectivity index (χ3n) is 3.59. The number of aromatic nitrogens is 1. The second-order valence-corrected chi connectivity index (χ2v) is 6.81. The first-order chi connectivity index (χ1) is 9.96. The minimum Gasteiger partial charge on any atom is -0.478 e. The number of piperidine rings is 1. The van der Waals surface area contributed by atoms with Gasteiger partial charge in [-0.2, -0.15) is 4.31 Å². The zero-order chi connectivity index (χ0) is 15.5. The Hall–Kier alpha value is -1.51. The number of carboxylic acid groups (broad SMARTS) is 1. The predicted octanol–water partition coefficient (Wildman–Crippen LogP) is 0.705. The Morgan fingerprint density at radius 2 is 2.14 bits per heavy atom. The van der Waals surface area contributed by atoms with Crippen LogP contribution in [0.1, 0.15) is 36.0 Å². The van der Waals surface area contributed by atoms with Crippen molar-refractivity contribution in [2.24, 2.45) is 0 Å². The lowest BCUT2D eigenvalue weighted by atomic mass is 10.0. The third-order valence-corrected chi connectivity index (χ3v) is 5.46. The van der Waals surface area contributed by atoms with Crippen LogP contribution < -0.4 is 0 Å². The number of rotatable bonds is 5. The maximum Gasteiger partial charge on any atom is 0.337 e. The second kappa shape index (κ2) is 6.50. The summed E-state index contributed by atoms with van der Waals surface area (Å²) in [5.41, 5.74) is -0.0560. The number of carbonyl (C=O) groups is 1. The highest BCUT2D eigenvalue weighted by Crippen LogP contribution is 2.26. The molecule has 1 atom stereocenters. The van der Waals surface area contributed by atoms with E-state index >= 15 is 0 Å². The molecule has 1 aliphatic rings. The standard InChI is InChI=1S/C13H18N2O5S/c16-8-6-11-3-1-2-7-15(11)21(19,20)12-5-4-10(9-14-12)13(17)18/h4-5,9,11,16H,1-3,6-8H2,(H,17,18). The first-order valence-corrected chi connectivity index (χ1v) is 8.23. The third kappa shape index (κ3) is 3.39. The van der Waals surface area contributed by atoms with E-state index in [1.165, 1.54) is 16.4 Å². The van der Waals surface area contributed by atoms with Crippen LogP contribution in [0.25, 0.3) is 0 Å². The van der Waals surface area contributed by atoms with E-state index in [1.807, 2.05) is 0 Å². The van der Waals surface area contributed by atoms with Crippen molar-refractivity contribution >= 4 is 16.0 Å². The number of pyridine rings is 1. The van der Waals surface area contributed by atoms with Crippen LogP contribution in [0.4, 0.5) is 0 Å². The van der Waals surface area contributed by atoms with Crippen molar-refractivity contribution in [2.75, 3.05) is 13.2 Å². The molecule has 1 unspecified atom stereocenters. The van der Waals surface area contributed by atoms with Crippen LogP contribution in [0.5, 0.6) is 0 Å². The molecule has 0 aromatic carbocycles. The number of sulfonamides is 1. The molecule has 0 spiro atoms. The van der Waals surface area contributed by atoms with E-state index in [2.05, 4.69) is 4.98 Å². The first-order valence-electron chi connectivity index (χ1n) is 6.79. The molecule has 21 heavy (non-hydrogen) atoms. The molecule has 8 heteroatoms. The SMILES string of the molecule is O=C(O)c1ccc(S(=O)(=O)N2CCCCC2CCO)nc1. The Balaban J connectivity index is 2.28. The van der Waals surface area contributed by atoms with Crippen molar-refractivity contribution in [1.82, 2.24) is 9.29 Å². The molecule has 1 fully saturated rings. The van der Waals surface area contributed by atoms with Gasteiger partial charge in [-0.05, 0) is 31.4 Å². The molecule has 7 nitrogen and oxygen atoms in total. The van der Waals surface area contributed by atoms with Gasteiger partial charge in [-0.15, -0.1) is 0 Å². The maximum atomic E-state index is 12.6. The van der Waals surface area contributed by atoms with Crippen LogP contribution in [0.15, 0.2) is 23.4 Å². The minimum absolute atomic E-state index is 0.0560. The molecule has 2 heterocycles. The first kappa shape index (κ1) is 15.9. The highest BCUT2D eigenvalue weighted by atomic mass is 32.2. The van der Waals surface area contributed by atoms with Gasteiger partial charge in [-0.1, -0.05) is 6.42 Å².